The van der Waals surface area contributed by atoms with Gasteiger partial charge in [-0.05, 0) is 66.8 Å². The Morgan fingerprint density at radius 3 is 2.82 bits per heavy atom. The minimum atomic E-state index is -0.973. The average Bonchev–Trinajstić information content (AvgIpc) is 3.69. The summed E-state index contributed by atoms with van der Waals surface area (Å²) in [6.07, 6.45) is 2.80. The number of aromatic amines is 1. The van der Waals surface area contributed by atoms with E-state index in [0.717, 1.165) is 15.9 Å². The van der Waals surface area contributed by atoms with Crippen molar-refractivity contribution in [2.45, 2.75) is 25.4 Å². The Kier molecular flexibility index (Phi) is 5.20. The van der Waals surface area contributed by atoms with Gasteiger partial charge in [-0.2, -0.15) is 5.10 Å². The Labute approximate surface area is 220 Å². The summed E-state index contributed by atoms with van der Waals surface area (Å²) in [7, 11) is 0. The third-order valence-electron chi connectivity index (χ3n) is 7.33. The summed E-state index contributed by atoms with van der Waals surface area (Å²) in [6.45, 7) is 3.23. The fourth-order valence-electron chi connectivity index (χ4n) is 5.46. The monoisotopic (exact) mass is 526 g/mol. The highest BCUT2D eigenvalue weighted by Gasteiger charge is 2.54. The van der Waals surface area contributed by atoms with Crippen molar-refractivity contribution in [3.8, 4) is 23.0 Å². The average molecular weight is 527 g/mol. The number of aromatic nitrogens is 7. The van der Waals surface area contributed by atoms with Crippen molar-refractivity contribution in [3.05, 3.63) is 64.8 Å². The van der Waals surface area contributed by atoms with Gasteiger partial charge in [0.05, 0.1) is 16.1 Å². The minimum Gasteiger partial charge on any atom is -0.485 e. The molecule has 0 radical (unpaired) electrons. The van der Waals surface area contributed by atoms with Crippen LogP contribution in [0.4, 0.5) is 0 Å². The lowest BCUT2D eigenvalue weighted by molar-refractivity contribution is -0.0136. The third-order valence-corrected chi connectivity index (χ3v) is 8.46. The van der Waals surface area contributed by atoms with Gasteiger partial charge in [0, 0.05) is 30.0 Å². The number of nitrogens with one attached hydrogen (secondary N) is 2. The number of aryl methyl sites for hydroxylation is 1. The molecule has 1 saturated heterocycles. The number of hydrogen-bond donors (Lipinski definition) is 2. The molecule has 2 N–H and O–H groups in total. The SMILES string of the molecule is Cc1nn(-c2ccccn2)c2sc(C(=O)[C@H]3C(=O)c4cc(-c5nnn[nH]5)ccc4OC34CCNCC4)cc12. The molecule has 2 aliphatic rings. The summed E-state index contributed by atoms with van der Waals surface area (Å²) >= 11 is 1.33. The van der Waals surface area contributed by atoms with Gasteiger partial charge in [-0.1, -0.05) is 6.07 Å². The second kappa shape index (κ2) is 8.64. The predicted molar refractivity (Wildman–Crippen MR) is 139 cm³/mol. The molecule has 0 saturated carbocycles. The van der Waals surface area contributed by atoms with Crippen LogP contribution < -0.4 is 10.1 Å². The van der Waals surface area contributed by atoms with Gasteiger partial charge in [0.15, 0.2) is 23.2 Å². The molecule has 38 heavy (non-hydrogen) atoms. The number of nitrogens with zero attached hydrogens (tertiary/aromatic N) is 6. The zero-order chi connectivity index (χ0) is 25.9. The first-order valence-corrected chi connectivity index (χ1v) is 13.1. The maximum atomic E-state index is 14.2. The lowest BCUT2D eigenvalue weighted by atomic mass is 9.71. The summed E-state index contributed by atoms with van der Waals surface area (Å²) in [6, 6.07) is 12.7. The molecule has 7 rings (SSSR count). The number of ketones is 2. The van der Waals surface area contributed by atoms with E-state index in [1.807, 2.05) is 37.3 Å². The smallest absolute Gasteiger partial charge is 0.187 e. The first kappa shape index (κ1) is 22.9. The summed E-state index contributed by atoms with van der Waals surface area (Å²) in [5.74, 6) is 0.136. The molecule has 4 aromatic heterocycles. The van der Waals surface area contributed by atoms with E-state index < -0.39 is 11.5 Å². The van der Waals surface area contributed by atoms with E-state index in [-0.39, 0.29) is 11.6 Å². The number of pyridine rings is 1. The highest BCUT2D eigenvalue weighted by atomic mass is 32.1. The number of carbonyl (C=O) groups excluding carboxylic acids is 2. The summed E-state index contributed by atoms with van der Waals surface area (Å²) in [5, 5.41) is 22.7. The van der Waals surface area contributed by atoms with E-state index in [9.17, 15) is 9.59 Å². The number of rotatable bonds is 4. The number of carbonyl (C=O) groups is 2. The number of thiophene rings is 1. The predicted octanol–water partition coefficient (Wildman–Crippen LogP) is 3.17. The molecule has 1 fully saturated rings. The molecule has 0 unspecified atom stereocenters. The van der Waals surface area contributed by atoms with E-state index in [0.29, 0.717) is 59.3 Å². The van der Waals surface area contributed by atoms with Crippen LogP contribution in [0, 0.1) is 12.8 Å². The molecule has 6 heterocycles. The van der Waals surface area contributed by atoms with Crippen LogP contribution in [0.15, 0.2) is 48.7 Å². The van der Waals surface area contributed by atoms with Crippen molar-refractivity contribution in [2.75, 3.05) is 13.1 Å². The van der Waals surface area contributed by atoms with Crippen LogP contribution in [0.1, 0.15) is 38.6 Å². The summed E-state index contributed by atoms with van der Waals surface area (Å²) in [5.41, 5.74) is 0.879. The lowest BCUT2D eigenvalue weighted by Gasteiger charge is -2.45. The van der Waals surface area contributed by atoms with E-state index in [1.54, 1.807) is 23.0 Å². The highest BCUT2D eigenvalue weighted by molar-refractivity contribution is 7.20. The standard InChI is InChI=1S/C26H22N8O3S/c1-14-16-13-19(38-25(16)34(31-14)20-4-2-3-9-28-20)23(36)21-22(35)17-12-15(24-29-32-33-30-24)5-6-18(17)37-26(21)7-10-27-11-8-26/h2-6,9,12-13,21,27H,7-8,10-11H2,1H3,(H,29,30,32,33)/t21-/m1/s1. The van der Waals surface area contributed by atoms with Crippen LogP contribution in [0.5, 0.6) is 5.75 Å². The van der Waals surface area contributed by atoms with Gasteiger partial charge in [0.2, 0.25) is 0 Å². The third kappa shape index (κ3) is 3.48. The largest absolute Gasteiger partial charge is 0.485 e. The van der Waals surface area contributed by atoms with E-state index in [1.165, 1.54) is 11.3 Å². The van der Waals surface area contributed by atoms with Crippen molar-refractivity contribution in [1.82, 2.24) is 40.7 Å². The number of ether oxygens (including phenoxy) is 1. The molecule has 2 aliphatic heterocycles. The van der Waals surface area contributed by atoms with Crippen molar-refractivity contribution in [3.63, 3.8) is 0 Å². The Balaban J connectivity index is 1.33. The maximum Gasteiger partial charge on any atom is 0.187 e. The number of piperidine rings is 1. The van der Waals surface area contributed by atoms with Crippen LogP contribution in [0.3, 0.4) is 0 Å². The topological polar surface area (TPSA) is 141 Å². The van der Waals surface area contributed by atoms with E-state index in [2.05, 4.69) is 36.0 Å². The highest BCUT2D eigenvalue weighted by Crippen LogP contribution is 2.45. The fraction of sp³-hybridized carbons (Fsp3) is 0.269. The summed E-state index contributed by atoms with van der Waals surface area (Å²) in [4.78, 5) is 34.1. The van der Waals surface area contributed by atoms with Crippen LogP contribution in [0.2, 0.25) is 0 Å². The number of benzene rings is 1. The Hall–Kier alpha value is -4.29. The molecule has 1 aromatic carbocycles. The number of tetrazole rings is 1. The number of hydrogen-bond acceptors (Lipinski definition) is 10. The Morgan fingerprint density at radius 2 is 2.05 bits per heavy atom. The lowest BCUT2D eigenvalue weighted by Crippen LogP contribution is -2.58. The molecule has 11 nitrogen and oxygen atoms in total. The second-order valence-electron chi connectivity index (χ2n) is 9.55. The van der Waals surface area contributed by atoms with Gasteiger partial charge in [-0.15, -0.1) is 16.4 Å². The number of Topliss-reactive ketones (excluding diaryl/α,β-unsaturated/α-hetero) is 2. The molecule has 5 aromatic rings. The van der Waals surface area contributed by atoms with Crippen molar-refractivity contribution < 1.29 is 14.3 Å². The zero-order valence-electron chi connectivity index (χ0n) is 20.3. The Morgan fingerprint density at radius 1 is 1.18 bits per heavy atom. The van der Waals surface area contributed by atoms with Crippen molar-refractivity contribution >= 4 is 33.1 Å². The van der Waals surface area contributed by atoms with Crippen LogP contribution in [-0.2, 0) is 0 Å². The Bertz CT molecular complexity index is 1690. The quantitative estimate of drug-likeness (QED) is 0.267. The number of H-pyrrole nitrogens is 1. The molecule has 1 atom stereocenters. The maximum absolute atomic E-state index is 14.2. The van der Waals surface area contributed by atoms with Gasteiger partial charge in [-0.25, -0.2) is 14.8 Å². The first-order chi connectivity index (χ1) is 18.5. The van der Waals surface area contributed by atoms with Crippen LogP contribution in [-0.4, -0.2) is 65.6 Å². The van der Waals surface area contributed by atoms with Crippen LogP contribution >= 0.6 is 11.3 Å². The zero-order valence-corrected chi connectivity index (χ0v) is 21.2. The molecule has 0 amide bonds. The van der Waals surface area contributed by atoms with Crippen molar-refractivity contribution in [1.29, 1.82) is 0 Å². The normalized spacial score (nSPS) is 18.4. The fourth-order valence-corrected chi connectivity index (χ4v) is 6.60. The van der Waals surface area contributed by atoms with Gasteiger partial charge in [-0.3, -0.25) is 9.59 Å². The molecule has 0 bridgehead atoms. The minimum absolute atomic E-state index is 0.234. The second-order valence-corrected chi connectivity index (χ2v) is 10.6. The first-order valence-electron chi connectivity index (χ1n) is 12.3. The number of fused-ring (bicyclic) bond motifs is 2. The molecule has 0 aliphatic carbocycles. The molecule has 190 valence electrons. The molecule has 1 spiro atoms. The van der Waals surface area contributed by atoms with Gasteiger partial charge in [0.25, 0.3) is 0 Å². The van der Waals surface area contributed by atoms with E-state index in [4.69, 9.17) is 4.74 Å². The summed E-state index contributed by atoms with van der Waals surface area (Å²) < 4.78 is 8.31. The van der Waals surface area contributed by atoms with Gasteiger partial charge >= 0.3 is 0 Å². The van der Waals surface area contributed by atoms with E-state index >= 15 is 0 Å². The van der Waals surface area contributed by atoms with Gasteiger partial charge < -0.3 is 10.1 Å². The van der Waals surface area contributed by atoms with Gasteiger partial charge in [0.1, 0.15) is 22.1 Å². The molecular weight excluding hydrogens is 504 g/mol. The van der Waals surface area contributed by atoms with Crippen LogP contribution in [0.25, 0.3) is 27.4 Å². The molecule has 12 heteroatoms. The van der Waals surface area contributed by atoms with Crippen molar-refractivity contribution in [2.24, 2.45) is 5.92 Å². The molecular formula is C26H22N8O3S.